The van der Waals surface area contributed by atoms with Gasteiger partial charge in [-0.25, -0.2) is 0 Å². The number of para-hydroxylation sites is 1. The fourth-order valence-electron chi connectivity index (χ4n) is 5.67. The number of likely N-dealkylation sites (tertiary alicyclic amines) is 1. The summed E-state index contributed by atoms with van der Waals surface area (Å²) in [6.45, 7) is 6.71. The van der Waals surface area contributed by atoms with Gasteiger partial charge in [-0.05, 0) is 67.7 Å². The molecule has 0 saturated carbocycles. The molecule has 1 N–H and O–H groups in total. The van der Waals surface area contributed by atoms with Crippen molar-refractivity contribution >= 4 is 16.8 Å². The van der Waals surface area contributed by atoms with Crippen LogP contribution in [0.15, 0.2) is 72.9 Å². The van der Waals surface area contributed by atoms with Gasteiger partial charge in [0.1, 0.15) is 0 Å². The number of fused-ring (bicyclic) bond motifs is 1. The number of nitrogens with zero attached hydrogens (tertiary/aromatic N) is 2. The highest BCUT2D eigenvalue weighted by Gasteiger charge is 2.24. The lowest BCUT2D eigenvalue weighted by Crippen LogP contribution is -2.34. The predicted octanol–water partition coefficient (Wildman–Crippen LogP) is 5.75. The molecule has 2 heterocycles. The summed E-state index contributed by atoms with van der Waals surface area (Å²) >= 11 is 0. The molecular weight excluding hydrogens is 486 g/mol. The molecule has 3 aromatic carbocycles. The molecule has 204 valence electrons. The van der Waals surface area contributed by atoms with Gasteiger partial charge in [0, 0.05) is 49.1 Å². The third-order valence-corrected chi connectivity index (χ3v) is 7.82. The van der Waals surface area contributed by atoms with Gasteiger partial charge in [-0.15, -0.1) is 0 Å². The molecular formula is C33H39N3O3. The largest absolute Gasteiger partial charge is 0.493 e. The molecule has 0 spiro atoms. The van der Waals surface area contributed by atoms with Crippen LogP contribution in [0.3, 0.4) is 0 Å². The van der Waals surface area contributed by atoms with Crippen molar-refractivity contribution in [3.05, 3.63) is 95.2 Å². The normalized spacial score (nSPS) is 14.4. The Labute approximate surface area is 231 Å². The number of rotatable bonds is 11. The van der Waals surface area contributed by atoms with Gasteiger partial charge in [0.2, 0.25) is 5.91 Å². The van der Waals surface area contributed by atoms with Crippen molar-refractivity contribution in [2.24, 2.45) is 0 Å². The molecule has 4 aromatic rings. The summed E-state index contributed by atoms with van der Waals surface area (Å²) in [6, 6.07) is 23.1. The van der Waals surface area contributed by atoms with Crippen LogP contribution in [0.4, 0.5) is 0 Å². The number of benzene rings is 3. The second-order valence-electron chi connectivity index (χ2n) is 10.5. The first kappa shape index (κ1) is 26.8. The molecule has 1 amide bonds. The SMILES string of the molecule is COc1ccc(C(CC(=O)NCCN2CCCC2)c2cn(Cc3ccc(C)cc3)c3ccccc23)cc1OC. The number of methoxy groups -OCH3 is 2. The number of carbonyl (C=O) groups excluding carboxylic acids is 1. The first-order chi connectivity index (χ1) is 19.1. The zero-order chi connectivity index (χ0) is 27.2. The average molecular weight is 526 g/mol. The van der Waals surface area contributed by atoms with Crippen LogP contribution in [-0.2, 0) is 11.3 Å². The maximum Gasteiger partial charge on any atom is 0.220 e. The van der Waals surface area contributed by atoms with Crippen LogP contribution in [0.2, 0.25) is 0 Å². The van der Waals surface area contributed by atoms with Crippen LogP contribution in [-0.4, -0.2) is 55.8 Å². The number of hydrogen-bond acceptors (Lipinski definition) is 4. The Balaban J connectivity index is 1.48. The van der Waals surface area contributed by atoms with E-state index in [1.54, 1.807) is 14.2 Å². The molecule has 1 aliphatic rings. The van der Waals surface area contributed by atoms with Crippen molar-refractivity contribution in [2.45, 2.75) is 38.6 Å². The van der Waals surface area contributed by atoms with Crippen molar-refractivity contribution in [1.29, 1.82) is 0 Å². The minimum atomic E-state index is -0.138. The summed E-state index contributed by atoms with van der Waals surface area (Å²) in [5, 5.41) is 4.35. The average Bonchev–Trinajstić information content (AvgIpc) is 3.61. The Morgan fingerprint density at radius 2 is 1.69 bits per heavy atom. The Kier molecular flexibility index (Phi) is 8.52. The van der Waals surface area contributed by atoms with E-state index in [2.05, 4.69) is 82.5 Å². The van der Waals surface area contributed by atoms with Crippen molar-refractivity contribution in [3.8, 4) is 11.5 Å². The number of aryl methyl sites for hydroxylation is 1. The molecule has 6 heteroatoms. The van der Waals surface area contributed by atoms with Crippen molar-refractivity contribution in [2.75, 3.05) is 40.4 Å². The molecule has 6 nitrogen and oxygen atoms in total. The highest BCUT2D eigenvalue weighted by molar-refractivity contribution is 5.87. The fraction of sp³-hybridized carbons (Fsp3) is 0.364. The highest BCUT2D eigenvalue weighted by Crippen LogP contribution is 2.38. The van der Waals surface area contributed by atoms with Crippen LogP contribution < -0.4 is 14.8 Å². The summed E-state index contributed by atoms with van der Waals surface area (Å²) in [5.74, 6) is 1.26. The van der Waals surface area contributed by atoms with Gasteiger partial charge < -0.3 is 24.3 Å². The standard InChI is InChI=1S/C33H39N3O3/c1-24-10-12-25(13-11-24)22-36-23-29(27-8-4-5-9-30(27)36)28(26-14-15-31(38-2)32(20-26)39-3)21-33(37)34-16-19-35-17-6-7-18-35/h4-5,8-15,20,23,28H,6-7,16-19,21-22H2,1-3H3,(H,34,37). The number of ether oxygens (including phenoxy) is 2. The fourth-order valence-corrected chi connectivity index (χ4v) is 5.67. The van der Waals surface area contributed by atoms with Gasteiger partial charge >= 0.3 is 0 Å². The van der Waals surface area contributed by atoms with Crippen molar-refractivity contribution in [3.63, 3.8) is 0 Å². The van der Waals surface area contributed by atoms with Crippen LogP contribution in [0.25, 0.3) is 10.9 Å². The van der Waals surface area contributed by atoms with Crippen LogP contribution in [0, 0.1) is 6.92 Å². The molecule has 1 fully saturated rings. The summed E-state index contributed by atoms with van der Waals surface area (Å²) in [4.78, 5) is 15.7. The number of carbonyl (C=O) groups is 1. The van der Waals surface area contributed by atoms with Crippen LogP contribution in [0.1, 0.15) is 47.4 Å². The lowest BCUT2D eigenvalue weighted by atomic mass is 9.87. The maximum absolute atomic E-state index is 13.3. The monoisotopic (exact) mass is 525 g/mol. The summed E-state index contributed by atoms with van der Waals surface area (Å²) in [6.07, 6.45) is 5.08. The molecule has 39 heavy (non-hydrogen) atoms. The quantitative estimate of drug-likeness (QED) is 0.271. The zero-order valence-corrected chi connectivity index (χ0v) is 23.3. The number of amides is 1. The summed E-state index contributed by atoms with van der Waals surface area (Å²) < 4.78 is 13.4. The van der Waals surface area contributed by atoms with E-state index in [-0.39, 0.29) is 11.8 Å². The lowest BCUT2D eigenvalue weighted by Gasteiger charge is -2.20. The molecule has 0 bridgehead atoms. The number of aromatic nitrogens is 1. The zero-order valence-electron chi connectivity index (χ0n) is 23.3. The molecule has 5 rings (SSSR count). The molecule has 1 aliphatic heterocycles. The highest BCUT2D eigenvalue weighted by atomic mass is 16.5. The predicted molar refractivity (Wildman–Crippen MR) is 157 cm³/mol. The third kappa shape index (κ3) is 6.28. The van der Waals surface area contributed by atoms with Gasteiger partial charge in [-0.3, -0.25) is 4.79 Å². The van der Waals surface area contributed by atoms with E-state index in [0.29, 0.717) is 24.5 Å². The smallest absolute Gasteiger partial charge is 0.220 e. The lowest BCUT2D eigenvalue weighted by molar-refractivity contribution is -0.121. The Morgan fingerprint density at radius 3 is 2.44 bits per heavy atom. The van der Waals surface area contributed by atoms with E-state index >= 15 is 0 Å². The summed E-state index contributed by atoms with van der Waals surface area (Å²) in [7, 11) is 3.29. The van der Waals surface area contributed by atoms with Crippen molar-refractivity contribution < 1.29 is 14.3 Å². The topological polar surface area (TPSA) is 55.7 Å². The van der Waals surface area contributed by atoms with E-state index in [1.807, 2.05) is 12.1 Å². The van der Waals surface area contributed by atoms with Gasteiger partial charge in [0.05, 0.1) is 14.2 Å². The van der Waals surface area contributed by atoms with E-state index in [1.165, 1.54) is 24.0 Å². The Hall–Kier alpha value is -3.77. The first-order valence-corrected chi connectivity index (χ1v) is 13.9. The third-order valence-electron chi connectivity index (χ3n) is 7.82. The van der Waals surface area contributed by atoms with Gasteiger partial charge in [-0.2, -0.15) is 0 Å². The minimum Gasteiger partial charge on any atom is -0.493 e. The molecule has 1 aromatic heterocycles. The van der Waals surface area contributed by atoms with Gasteiger partial charge in [0.25, 0.3) is 0 Å². The van der Waals surface area contributed by atoms with Crippen LogP contribution >= 0.6 is 0 Å². The minimum absolute atomic E-state index is 0.0596. The molecule has 1 unspecified atom stereocenters. The Morgan fingerprint density at radius 1 is 0.949 bits per heavy atom. The molecule has 1 atom stereocenters. The number of nitrogens with one attached hydrogen (secondary N) is 1. The molecule has 1 saturated heterocycles. The van der Waals surface area contributed by atoms with E-state index < -0.39 is 0 Å². The van der Waals surface area contributed by atoms with Gasteiger partial charge in [-0.1, -0.05) is 54.1 Å². The van der Waals surface area contributed by atoms with Gasteiger partial charge in [0.15, 0.2) is 11.5 Å². The van der Waals surface area contributed by atoms with Crippen LogP contribution in [0.5, 0.6) is 11.5 Å². The van der Waals surface area contributed by atoms with Crippen molar-refractivity contribution in [1.82, 2.24) is 14.8 Å². The molecule has 0 radical (unpaired) electrons. The van der Waals surface area contributed by atoms with E-state index in [4.69, 9.17) is 9.47 Å². The first-order valence-electron chi connectivity index (χ1n) is 13.9. The Bertz CT molecular complexity index is 1400. The second-order valence-corrected chi connectivity index (χ2v) is 10.5. The maximum atomic E-state index is 13.3. The molecule has 0 aliphatic carbocycles. The summed E-state index contributed by atoms with van der Waals surface area (Å²) in [5.41, 5.74) is 5.82. The number of hydrogen-bond donors (Lipinski definition) is 1. The van der Waals surface area contributed by atoms with E-state index in [0.717, 1.165) is 48.2 Å². The van der Waals surface area contributed by atoms with E-state index in [9.17, 15) is 4.79 Å². The second kappa shape index (κ2) is 12.4.